The smallest absolute Gasteiger partial charge is 0.255 e. The van der Waals surface area contributed by atoms with Crippen LogP contribution in [0.15, 0.2) is 42.5 Å². The first kappa shape index (κ1) is 21.5. The van der Waals surface area contributed by atoms with Gasteiger partial charge in [0.2, 0.25) is 5.91 Å². The number of methoxy groups -OCH3 is 2. The highest BCUT2D eigenvalue weighted by Crippen LogP contribution is 2.24. The fourth-order valence-corrected chi connectivity index (χ4v) is 3.48. The quantitative estimate of drug-likeness (QED) is 0.756. The lowest BCUT2D eigenvalue weighted by Gasteiger charge is -2.36. The molecule has 0 radical (unpaired) electrons. The molecule has 2 aromatic rings. The molecular formula is C23H29N3O4. The van der Waals surface area contributed by atoms with Crippen molar-refractivity contribution >= 4 is 23.2 Å². The molecule has 1 N–H and O–H groups in total. The van der Waals surface area contributed by atoms with E-state index in [1.165, 1.54) is 0 Å². The van der Waals surface area contributed by atoms with E-state index in [-0.39, 0.29) is 11.8 Å². The van der Waals surface area contributed by atoms with Gasteiger partial charge >= 0.3 is 0 Å². The van der Waals surface area contributed by atoms with Gasteiger partial charge in [0, 0.05) is 55.6 Å². The van der Waals surface area contributed by atoms with Gasteiger partial charge in [0.15, 0.2) is 0 Å². The number of piperazine rings is 1. The maximum Gasteiger partial charge on any atom is 0.255 e. The van der Waals surface area contributed by atoms with Gasteiger partial charge in [-0.15, -0.1) is 0 Å². The van der Waals surface area contributed by atoms with E-state index in [2.05, 4.69) is 10.2 Å². The van der Waals surface area contributed by atoms with Crippen molar-refractivity contribution in [3.63, 3.8) is 0 Å². The SMILES string of the molecule is CCCC(=O)N1CCN(c2ccc(NC(=O)c3cc(OC)cc(OC)c3)cc2)CC1. The summed E-state index contributed by atoms with van der Waals surface area (Å²) in [5, 5.41) is 2.91. The molecule has 160 valence electrons. The van der Waals surface area contributed by atoms with E-state index in [1.807, 2.05) is 36.1 Å². The highest BCUT2D eigenvalue weighted by Gasteiger charge is 2.20. The Balaban J connectivity index is 1.60. The molecule has 1 fully saturated rings. The number of nitrogens with zero attached hydrogens (tertiary/aromatic N) is 2. The van der Waals surface area contributed by atoms with E-state index in [0.29, 0.717) is 29.2 Å². The maximum atomic E-state index is 12.6. The Morgan fingerprint density at radius 3 is 2.07 bits per heavy atom. The number of carbonyl (C=O) groups is 2. The Morgan fingerprint density at radius 1 is 0.933 bits per heavy atom. The molecule has 1 saturated heterocycles. The molecule has 1 aliphatic rings. The van der Waals surface area contributed by atoms with Crippen LogP contribution in [0.5, 0.6) is 11.5 Å². The molecule has 0 spiro atoms. The Hall–Kier alpha value is -3.22. The van der Waals surface area contributed by atoms with Crippen LogP contribution in [-0.2, 0) is 4.79 Å². The maximum absolute atomic E-state index is 12.6. The molecule has 0 unspecified atom stereocenters. The van der Waals surface area contributed by atoms with Crippen LogP contribution in [-0.4, -0.2) is 57.1 Å². The summed E-state index contributed by atoms with van der Waals surface area (Å²) < 4.78 is 10.5. The molecule has 30 heavy (non-hydrogen) atoms. The first-order valence-electron chi connectivity index (χ1n) is 10.2. The van der Waals surface area contributed by atoms with Gasteiger partial charge < -0.3 is 24.6 Å². The molecule has 1 heterocycles. The van der Waals surface area contributed by atoms with Crippen LogP contribution in [0, 0.1) is 0 Å². The number of amides is 2. The molecular weight excluding hydrogens is 382 g/mol. The second-order valence-corrected chi connectivity index (χ2v) is 7.22. The number of hydrogen-bond acceptors (Lipinski definition) is 5. The lowest BCUT2D eigenvalue weighted by Crippen LogP contribution is -2.48. The predicted molar refractivity (Wildman–Crippen MR) is 118 cm³/mol. The fraction of sp³-hybridized carbons (Fsp3) is 0.391. The van der Waals surface area contributed by atoms with Crippen molar-refractivity contribution in [2.45, 2.75) is 19.8 Å². The molecule has 7 nitrogen and oxygen atoms in total. The molecule has 3 rings (SSSR count). The zero-order valence-electron chi connectivity index (χ0n) is 17.8. The minimum absolute atomic E-state index is 0.233. The molecule has 0 saturated carbocycles. The van der Waals surface area contributed by atoms with Crippen molar-refractivity contribution in [1.82, 2.24) is 4.90 Å². The number of hydrogen-bond donors (Lipinski definition) is 1. The van der Waals surface area contributed by atoms with Crippen molar-refractivity contribution in [1.29, 1.82) is 0 Å². The molecule has 2 amide bonds. The van der Waals surface area contributed by atoms with Gasteiger partial charge in [0.25, 0.3) is 5.91 Å². The minimum atomic E-state index is -0.233. The average molecular weight is 412 g/mol. The van der Waals surface area contributed by atoms with Crippen LogP contribution in [0.1, 0.15) is 30.1 Å². The van der Waals surface area contributed by atoms with Crippen LogP contribution in [0.4, 0.5) is 11.4 Å². The first-order chi connectivity index (χ1) is 14.5. The third-order valence-corrected chi connectivity index (χ3v) is 5.20. The van der Waals surface area contributed by atoms with E-state index >= 15 is 0 Å². The third kappa shape index (κ3) is 5.23. The zero-order valence-corrected chi connectivity index (χ0v) is 17.8. The number of ether oxygens (including phenoxy) is 2. The van der Waals surface area contributed by atoms with Gasteiger partial charge in [-0.2, -0.15) is 0 Å². The second kappa shape index (κ2) is 10.0. The topological polar surface area (TPSA) is 71.1 Å². The molecule has 0 aromatic heterocycles. The number of carbonyl (C=O) groups excluding carboxylic acids is 2. The summed E-state index contributed by atoms with van der Waals surface area (Å²) in [5.41, 5.74) is 2.25. The third-order valence-electron chi connectivity index (χ3n) is 5.20. The van der Waals surface area contributed by atoms with Gasteiger partial charge in [0.1, 0.15) is 11.5 Å². The number of rotatable bonds is 7. The number of benzene rings is 2. The summed E-state index contributed by atoms with van der Waals surface area (Å²) in [4.78, 5) is 28.9. The van der Waals surface area contributed by atoms with E-state index in [4.69, 9.17) is 9.47 Å². The molecule has 1 aliphatic heterocycles. The summed E-state index contributed by atoms with van der Waals surface area (Å²) in [7, 11) is 3.10. The molecule has 0 atom stereocenters. The van der Waals surface area contributed by atoms with Gasteiger partial charge in [-0.3, -0.25) is 9.59 Å². The highest BCUT2D eigenvalue weighted by atomic mass is 16.5. The van der Waals surface area contributed by atoms with Gasteiger partial charge in [-0.25, -0.2) is 0 Å². The van der Waals surface area contributed by atoms with Crippen molar-refractivity contribution in [2.75, 3.05) is 50.6 Å². The predicted octanol–water partition coefficient (Wildman–Crippen LogP) is 3.40. The summed E-state index contributed by atoms with van der Waals surface area (Å²) in [6.45, 7) is 5.14. The van der Waals surface area contributed by atoms with Crippen molar-refractivity contribution < 1.29 is 19.1 Å². The lowest BCUT2D eigenvalue weighted by molar-refractivity contribution is -0.131. The fourth-order valence-electron chi connectivity index (χ4n) is 3.48. The van der Waals surface area contributed by atoms with Crippen LogP contribution in [0.25, 0.3) is 0 Å². The monoisotopic (exact) mass is 411 g/mol. The van der Waals surface area contributed by atoms with Gasteiger partial charge in [-0.05, 0) is 42.8 Å². The minimum Gasteiger partial charge on any atom is -0.497 e. The standard InChI is InChI=1S/C23H29N3O4/c1-4-5-22(27)26-12-10-25(11-13-26)19-8-6-18(7-9-19)24-23(28)17-14-20(29-2)16-21(15-17)30-3/h6-9,14-16H,4-5,10-13H2,1-3H3,(H,24,28). The van der Waals surface area contributed by atoms with Crippen LogP contribution >= 0.6 is 0 Å². The average Bonchev–Trinajstić information content (AvgIpc) is 2.79. The molecule has 0 aliphatic carbocycles. The zero-order chi connectivity index (χ0) is 21.5. The molecule has 7 heteroatoms. The van der Waals surface area contributed by atoms with Crippen LogP contribution in [0.2, 0.25) is 0 Å². The van der Waals surface area contributed by atoms with E-state index in [0.717, 1.165) is 38.3 Å². The molecule has 2 aromatic carbocycles. The normalized spacial score (nSPS) is 13.7. The van der Waals surface area contributed by atoms with Crippen molar-refractivity contribution in [2.24, 2.45) is 0 Å². The first-order valence-corrected chi connectivity index (χ1v) is 10.2. The molecule has 0 bridgehead atoms. The lowest BCUT2D eigenvalue weighted by atomic mass is 10.1. The number of nitrogens with one attached hydrogen (secondary N) is 1. The summed E-state index contributed by atoms with van der Waals surface area (Å²) in [6, 6.07) is 12.8. The highest BCUT2D eigenvalue weighted by molar-refractivity contribution is 6.04. The van der Waals surface area contributed by atoms with Crippen LogP contribution < -0.4 is 19.7 Å². The van der Waals surface area contributed by atoms with Gasteiger partial charge in [-0.1, -0.05) is 6.92 Å². The van der Waals surface area contributed by atoms with E-state index in [9.17, 15) is 9.59 Å². The van der Waals surface area contributed by atoms with E-state index in [1.54, 1.807) is 32.4 Å². The summed E-state index contributed by atoms with van der Waals surface area (Å²) in [5.74, 6) is 1.13. The van der Waals surface area contributed by atoms with Crippen molar-refractivity contribution in [3.8, 4) is 11.5 Å². The second-order valence-electron chi connectivity index (χ2n) is 7.22. The number of anilines is 2. The Labute approximate surface area is 177 Å². The van der Waals surface area contributed by atoms with Crippen molar-refractivity contribution in [3.05, 3.63) is 48.0 Å². The Morgan fingerprint density at radius 2 is 1.53 bits per heavy atom. The summed E-state index contributed by atoms with van der Waals surface area (Å²) >= 11 is 0. The largest absolute Gasteiger partial charge is 0.497 e. The Kier molecular flexibility index (Phi) is 7.17. The van der Waals surface area contributed by atoms with Gasteiger partial charge in [0.05, 0.1) is 14.2 Å². The summed E-state index contributed by atoms with van der Waals surface area (Å²) in [6.07, 6.45) is 1.50. The Bertz CT molecular complexity index is 852. The van der Waals surface area contributed by atoms with Crippen LogP contribution in [0.3, 0.4) is 0 Å². The van der Waals surface area contributed by atoms with E-state index < -0.39 is 0 Å².